The molecular weight excluding hydrogens is 210 g/mol. The highest BCUT2D eigenvalue weighted by Gasteiger charge is 2.10. The van der Waals surface area contributed by atoms with Crippen LogP contribution in [-0.2, 0) is 13.5 Å². The molecule has 0 radical (unpaired) electrons. The van der Waals surface area contributed by atoms with Crippen LogP contribution in [0, 0.1) is 25.2 Å². The fraction of sp³-hybridized carbons (Fsp3) is 0.286. The van der Waals surface area contributed by atoms with Crippen LogP contribution in [0.25, 0.3) is 11.4 Å². The Bertz CT molecular complexity index is 588. The minimum atomic E-state index is 0.360. The lowest BCUT2D eigenvalue weighted by atomic mass is 10.1. The molecule has 0 bridgehead atoms. The lowest BCUT2D eigenvalue weighted by Gasteiger charge is -2.06. The summed E-state index contributed by atoms with van der Waals surface area (Å²) in [5.41, 5.74) is 4.38. The van der Waals surface area contributed by atoms with E-state index in [-0.39, 0.29) is 0 Å². The van der Waals surface area contributed by atoms with Crippen molar-refractivity contribution in [2.24, 2.45) is 7.05 Å². The van der Waals surface area contributed by atoms with Crippen LogP contribution in [0.5, 0.6) is 0 Å². The molecule has 3 heteroatoms. The molecular formula is C14H15N3. The molecule has 0 aliphatic rings. The van der Waals surface area contributed by atoms with Crippen molar-refractivity contribution in [3.63, 3.8) is 0 Å². The molecule has 1 heterocycles. The van der Waals surface area contributed by atoms with Crippen LogP contribution >= 0.6 is 0 Å². The minimum absolute atomic E-state index is 0.360. The average molecular weight is 225 g/mol. The summed E-state index contributed by atoms with van der Waals surface area (Å²) >= 11 is 0. The third-order valence-corrected chi connectivity index (χ3v) is 2.82. The summed E-state index contributed by atoms with van der Waals surface area (Å²) in [7, 11) is 1.96. The van der Waals surface area contributed by atoms with Gasteiger partial charge in [0.1, 0.15) is 5.82 Å². The van der Waals surface area contributed by atoms with Gasteiger partial charge in [0.2, 0.25) is 0 Å². The van der Waals surface area contributed by atoms with Gasteiger partial charge in [-0.3, -0.25) is 0 Å². The van der Waals surface area contributed by atoms with E-state index in [1.54, 1.807) is 0 Å². The third-order valence-electron chi connectivity index (χ3n) is 2.82. The van der Waals surface area contributed by atoms with Gasteiger partial charge in [0, 0.05) is 18.8 Å². The minimum Gasteiger partial charge on any atom is -0.334 e. The quantitative estimate of drug-likeness (QED) is 0.788. The van der Waals surface area contributed by atoms with Crippen molar-refractivity contribution in [1.29, 1.82) is 5.26 Å². The van der Waals surface area contributed by atoms with E-state index in [4.69, 9.17) is 5.26 Å². The number of nitriles is 1. The zero-order valence-electron chi connectivity index (χ0n) is 10.4. The lowest BCUT2D eigenvalue weighted by molar-refractivity contribution is 0.922. The SMILES string of the molecule is Cc1ccc(C)c(-c2nc(CC#N)cn2C)c1. The molecule has 0 unspecified atom stereocenters. The molecule has 1 aromatic heterocycles. The van der Waals surface area contributed by atoms with Crippen LogP contribution in [0.1, 0.15) is 16.8 Å². The zero-order valence-corrected chi connectivity index (χ0v) is 10.4. The maximum atomic E-state index is 8.69. The molecule has 0 aliphatic heterocycles. The Labute approximate surface area is 101 Å². The van der Waals surface area contributed by atoms with E-state index in [1.165, 1.54) is 11.1 Å². The first kappa shape index (κ1) is 11.4. The molecule has 0 amide bonds. The Morgan fingerprint density at radius 3 is 2.82 bits per heavy atom. The van der Waals surface area contributed by atoms with Crippen molar-refractivity contribution < 1.29 is 0 Å². The average Bonchev–Trinajstić information content (AvgIpc) is 2.64. The first-order chi connectivity index (χ1) is 8.11. The Morgan fingerprint density at radius 2 is 2.12 bits per heavy atom. The number of nitrogens with zero attached hydrogens (tertiary/aromatic N) is 3. The van der Waals surface area contributed by atoms with Crippen molar-refractivity contribution in [2.45, 2.75) is 20.3 Å². The van der Waals surface area contributed by atoms with Gasteiger partial charge in [-0.25, -0.2) is 4.98 Å². The summed E-state index contributed by atoms with van der Waals surface area (Å²) in [6, 6.07) is 8.45. The van der Waals surface area contributed by atoms with E-state index in [1.807, 2.05) is 17.8 Å². The number of aryl methyl sites for hydroxylation is 3. The molecule has 0 N–H and O–H groups in total. The van der Waals surface area contributed by atoms with Crippen molar-refractivity contribution >= 4 is 0 Å². The van der Waals surface area contributed by atoms with Gasteiger partial charge in [0.15, 0.2) is 0 Å². The van der Waals surface area contributed by atoms with Crippen LogP contribution in [-0.4, -0.2) is 9.55 Å². The number of hydrogen-bond acceptors (Lipinski definition) is 2. The van der Waals surface area contributed by atoms with Crippen molar-refractivity contribution in [1.82, 2.24) is 9.55 Å². The normalized spacial score (nSPS) is 10.2. The van der Waals surface area contributed by atoms with Crippen LogP contribution < -0.4 is 0 Å². The molecule has 0 fully saturated rings. The highest BCUT2D eigenvalue weighted by molar-refractivity contribution is 5.62. The fourth-order valence-electron chi connectivity index (χ4n) is 1.92. The number of hydrogen-bond donors (Lipinski definition) is 0. The second kappa shape index (κ2) is 4.42. The summed E-state index contributed by atoms with van der Waals surface area (Å²) in [6.07, 6.45) is 2.28. The molecule has 0 saturated heterocycles. The molecule has 86 valence electrons. The van der Waals surface area contributed by atoms with E-state index < -0.39 is 0 Å². The molecule has 0 atom stereocenters. The Balaban J connectivity index is 2.53. The Morgan fingerprint density at radius 1 is 1.35 bits per heavy atom. The van der Waals surface area contributed by atoms with Gasteiger partial charge >= 0.3 is 0 Å². The maximum absolute atomic E-state index is 8.69. The predicted octanol–water partition coefficient (Wildman–Crippen LogP) is 2.77. The molecule has 0 saturated carbocycles. The van der Waals surface area contributed by atoms with Crippen molar-refractivity contribution in [3.05, 3.63) is 41.2 Å². The monoisotopic (exact) mass is 225 g/mol. The van der Waals surface area contributed by atoms with Gasteiger partial charge in [-0.15, -0.1) is 0 Å². The second-order valence-corrected chi connectivity index (χ2v) is 4.32. The molecule has 0 aliphatic carbocycles. The standard InChI is InChI=1S/C14H15N3/c1-10-4-5-11(2)13(8-10)14-16-12(6-7-15)9-17(14)3/h4-5,8-9H,6H2,1-3H3. The smallest absolute Gasteiger partial charge is 0.140 e. The molecule has 2 aromatic rings. The summed E-state index contributed by atoms with van der Waals surface area (Å²) in [4.78, 5) is 4.51. The highest BCUT2D eigenvalue weighted by Crippen LogP contribution is 2.23. The Kier molecular flexibility index (Phi) is 2.97. The highest BCUT2D eigenvalue weighted by atomic mass is 15.0. The molecule has 2 rings (SSSR count). The summed E-state index contributed by atoms with van der Waals surface area (Å²) < 4.78 is 1.98. The fourth-order valence-corrected chi connectivity index (χ4v) is 1.92. The van der Waals surface area contributed by atoms with Gasteiger partial charge in [-0.1, -0.05) is 17.7 Å². The van der Waals surface area contributed by atoms with Gasteiger partial charge < -0.3 is 4.57 Å². The van der Waals surface area contributed by atoms with Crippen LogP contribution in [0.2, 0.25) is 0 Å². The van der Waals surface area contributed by atoms with Crippen LogP contribution in [0.4, 0.5) is 0 Å². The van der Waals surface area contributed by atoms with E-state index in [0.29, 0.717) is 6.42 Å². The van der Waals surface area contributed by atoms with Crippen LogP contribution in [0.15, 0.2) is 24.4 Å². The lowest BCUT2D eigenvalue weighted by Crippen LogP contribution is -1.94. The maximum Gasteiger partial charge on any atom is 0.140 e. The van der Waals surface area contributed by atoms with Crippen LogP contribution in [0.3, 0.4) is 0 Å². The van der Waals surface area contributed by atoms with Gasteiger partial charge in [0.25, 0.3) is 0 Å². The topological polar surface area (TPSA) is 41.6 Å². The first-order valence-electron chi connectivity index (χ1n) is 5.58. The number of imidazole rings is 1. The molecule has 0 spiro atoms. The van der Waals surface area contributed by atoms with E-state index in [9.17, 15) is 0 Å². The summed E-state index contributed by atoms with van der Waals surface area (Å²) in [6.45, 7) is 4.15. The largest absolute Gasteiger partial charge is 0.334 e. The predicted molar refractivity (Wildman–Crippen MR) is 67.4 cm³/mol. The van der Waals surface area contributed by atoms with E-state index in [2.05, 4.69) is 43.1 Å². The summed E-state index contributed by atoms with van der Waals surface area (Å²) in [5, 5.41) is 8.69. The molecule has 3 nitrogen and oxygen atoms in total. The first-order valence-corrected chi connectivity index (χ1v) is 5.58. The van der Waals surface area contributed by atoms with Gasteiger partial charge in [-0.2, -0.15) is 5.26 Å². The number of rotatable bonds is 2. The molecule has 17 heavy (non-hydrogen) atoms. The third kappa shape index (κ3) is 2.21. The van der Waals surface area contributed by atoms with E-state index >= 15 is 0 Å². The van der Waals surface area contributed by atoms with Gasteiger partial charge in [-0.05, 0) is 25.5 Å². The van der Waals surface area contributed by atoms with Gasteiger partial charge in [0.05, 0.1) is 18.2 Å². The Hall–Kier alpha value is -2.08. The summed E-state index contributed by atoms with van der Waals surface area (Å²) in [5.74, 6) is 0.927. The van der Waals surface area contributed by atoms with Crippen molar-refractivity contribution in [2.75, 3.05) is 0 Å². The van der Waals surface area contributed by atoms with E-state index in [0.717, 1.165) is 17.1 Å². The molecule has 1 aromatic carbocycles. The number of aromatic nitrogens is 2. The zero-order chi connectivity index (χ0) is 12.4. The van der Waals surface area contributed by atoms with Crippen molar-refractivity contribution in [3.8, 4) is 17.5 Å². The second-order valence-electron chi connectivity index (χ2n) is 4.32. The number of benzene rings is 1.